The second-order valence-corrected chi connectivity index (χ2v) is 6.57. The molecule has 2 aromatic rings. The van der Waals surface area contributed by atoms with Crippen molar-refractivity contribution in [3.63, 3.8) is 0 Å². The number of benzene rings is 2. The summed E-state index contributed by atoms with van der Waals surface area (Å²) in [4.78, 5) is 14.3. The van der Waals surface area contributed by atoms with Crippen molar-refractivity contribution in [2.75, 3.05) is 29.9 Å². The van der Waals surface area contributed by atoms with E-state index >= 15 is 0 Å². The number of amides is 1. The molecule has 2 N–H and O–H groups in total. The topological polar surface area (TPSA) is 44.4 Å². The molecule has 1 atom stereocenters. The van der Waals surface area contributed by atoms with Gasteiger partial charge in [0.2, 0.25) is 0 Å². The number of halogens is 2. The van der Waals surface area contributed by atoms with Gasteiger partial charge in [-0.15, -0.1) is 0 Å². The Hall–Kier alpha value is -2.11. The highest BCUT2D eigenvalue weighted by Gasteiger charge is 2.20. The number of nitrogens with one attached hydrogen (secondary N) is 2. The first-order chi connectivity index (χ1) is 12.1. The molecule has 6 heteroatoms. The van der Waals surface area contributed by atoms with E-state index in [2.05, 4.69) is 17.6 Å². The van der Waals surface area contributed by atoms with E-state index in [1.807, 2.05) is 4.90 Å². The van der Waals surface area contributed by atoms with Crippen molar-refractivity contribution in [2.45, 2.75) is 19.4 Å². The quantitative estimate of drug-likeness (QED) is 0.867. The molecule has 0 radical (unpaired) electrons. The van der Waals surface area contributed by atoms with Crippen LogP contribution >= 0.6 is 11.6 Å². The van der Waals surface area contributed by atoms with Gasteiger partial charge in [-0.25, -0.2) is 4.39 Å². The maximum atomic E-state index is 14.5. The zero-order valence-corrected chi connectivity index (χ0v) is 14.8. The van der Waals surface area contributed by atoms with E-state index in [1.54, 1.807) is 36.4 Å². The molecule has 1 fully saturated rings. The van der Waals surface area contributed by atoms with E-state index < -0.39 is 0 Å². The fourth-order valence-electron chi connectivity index (χ4n) is 2.99. The van der Waals surface area contributed by atoms with Crippen LogP contribution in [0, 0.1) is 5.82 Å². The Balaban J connectivity index is 1.72. The molecule has 0 spiro atoms. The third-order valence-electron chi connectivity index (χ3n) is 4.38. The molecule has 1 unspecified atom stereocenters. The van der Waals surface area contributed by atoms with E-state index in [0.29, 0.717) is 28.0 Å². The fourth-order valence-corrected chi connectivity index (χ4v) is 3.18. The predicted molar refractivity (Wildman–Crippen MR) is 100 cm³/mol. The lowest BCUT2D eigenvalue weighted by Crippen LogP contribution is -2.50. The smallest absolute Gasteiger partial charge is 0.255 e. The molecule has 0 saturated carbocycles. The number of carbonyl (C=O) groups excluding carboxylic acids is 1. The predicted octanol–water partition coefficient (Wildman–Crippen LogP) is 3.92. The summed E-state index contributed by atoms with van der Waals surface area (Å²) in [6, 6.07) is 11.8. The van der Waals surface area contributed by atoms with Crippen LogP contribution in [0.3, 0.4) is 0 Å². The normalized spacial score (nSPS) is 17.4. The van der Waals surface area contributed by atoms with Gasteiger partial charge in [0.05, 0.1) is 5.69 Å². The molecule has 1 aliphatic rings. The van der Waals surface area contributed by atoms with E-state index in [1.165, 1.54) is 6.07 Å². The molecule has 25 heavy (non-hydrogen) atoms. The molecule has 0 bridgehead atoms. The SMILES string of the molecule is CCC1CN(c2ccc(NC(=O)c3cccc(Cl)c3)cc2F)CCN1. The average Bonchev–Trinajstić information content (AvgIpc) is 2.62. The maximum absolute atomic E-state index is 14.5. The van der Waals surface area contributed by atoms with Gasteiger partial charge in [-0.2, -0.15) is 0 Å². The monoisotopic (exact) mass is 361 g/mol. The summed E-state index contributed by atoms with van der Waals surface area (Å²) in [5.41, 5.74) is 1.43. The van der Waals surface area contributed by atoms with Crippen LogP contribution in [0.4, 0.5) is 15.8 Å². The van der Waals surface area contributed by atoms with Crippen molar-refractivity contribution in [3.8, 4) is 0 Å². The van der Waals surface area contributed by atoms with Crippen LogP contribution in [-0.2, 0) is 0 Å². The van der Waals surface area contributed by atoms with Crippen LogP contribution in [0.1, 0.15) is 23.7 Å². The minimum Gasteiger partial charge on any atom is -0.366 e. The minimum absolute atomic E-state index is 0.317. The van der Waals surface area contributed by atoms with Gasteiger partial charge in [-0.05, 0) is 42.8 Å². The Morgan fingerprint density at radius 3 is 2.92 bits per heavy atom. The number of nitrogens with zero attached hydrogens (tertiary/aromatic N) is 1. The first-order valence-corrected chi connectivity index (χ1v) is 8.79. The Morgan fingerprint density at radius 1 is 1.36 bits per heavy atom. The number of rotatable bonds is 4. The molecule has 2 aromatic carbocycles. The number of anilines is 2. The summed E-state index contributed by atoms with van der Waals surface area (Å²) >= 11 is 5.90. The molecule has 0 aliphatic carbocycles. The van der Waals surface area contributed by atoms with Gasteiger partial charge in [0.25, 0.3) is 5.91 Å². The van der Waals surface area contributed by atoms with Crippen LogP contribution in [0.15, 0.2) is 42.5 Å². The first-order valence-electron chi connectivity index (χ1n) is 8.41. The second-order valence-electron chi connectivity index (χ2n) is 6.14. The first kappa shape index (κ1) is 17.7. The van der Waals surface area contributed by atoms with Gasteiger partial charge in [-0.3, -0.25) is 4.79 Å². The van der Waals surface area contributed by atoms with Crippen molar-refractivity contribution in [1.29, 1.82) is 0 Å². The van der Waals surface area contributed by atoms with Crippen LogP contribution in [0.5, 0.6) is 0 Å². The third kappa shape index (κ3) is 4.30. The summed E-state index contributed by atoms with van der Waals surface area (Å²) in [5.74, 6) is -0.650. The largest absolute Gasteiger partial charge is 0.366 e. The summed E-state index contributed by atoms with van der Waals surface area (Å²) < 4.78 is 14.5. The minimum atomic E-state index is -0.333. The van der Waals surface area contributed by atoms with Crippen molar-refractivity contribution in [2.24, 2.45) is 0 Å². The number of hydrogen-bond donors (Lipinski definition) is 2. The molecule has 132 valence electrons. The fraction of sp³-hybridized carbons (Fsp3) is 0.316. The summed E-state index contributed by atoms with van der Waals surface area (Å²) in [6.07, 6.45) is 1.01. The standard InChI is InChI=1S/C19H21ClFN3O/c1-2-15-12-24(9-8-22-15)18-7-6-16(11-17(18)21)23-19(25)13-4-3-5-14(20)10-13/h3-7,10-11,15,22H,2,8-9,12H2,1H3,(H,23,25). The van der Waals surface area contributed by atoms with E-state index in [-0.39, 0.29) is 11.7 Å². The van der Waals surface area contributed by atoms with E-state index in [4.69, 9.17) is 11.6 Å². The van der Waals surface area contributed by atoms with Gasteiger partial charge in [0, 0.05) is 41.9 Å². The maximum Gasteiger partial charge on any atom is 0.255 e. The Labute approximate surface area is 152 Å². The van der Waals surface area contributed by atoms with Gasteiger partial charge < -0.3 is 15.5 Å². The Morgan fingerprint density at radius 2 is 2.20 bits per heavy atom. The highest BCUT2D eigenvalue weighted by atomic mass is 35.5. The molecule has 1 saturated heterocycles. The lowest BCUT2D eigenvalue weighted by Gasteiger charge is -2.35. The lowest BCUT2D eigenvalue weighted by atomic mass is 10.1. The van der Waals surface area contributed by atoms with E-state index in [0.717, 1.165) is 26.1 Å². The summed E-state index contributed by atoms with van der Waals surface area (Å²) in [6.45, 7) is 4.50. The van der Waals surface area contributed by atoms with Crippen molar-refractivity contribution in [3.05, 3.63) is 58.9 Å². The molecular weight excluding hydrogens is 341 g/mol. The van der Waals surface area contributed by atoms with Crippen molar-refractivity contribution in [1.82, 2.24) is 5.32 Å². The molecular formula is C19H21ClFN3O. The van der Waals surface area contributed by atoms with Crippen molar-refractivity contribution >= 4 is 28.9 Å². The zero-order valence-electron chi connectivity index (χ0n) is 14.1. The van der Waals surface area contributed by atoms with Crippen LogP contribution in [0.2, 0.25) is 5.02 Å². The second kappa shape index (κ2) is 7.85. The molecule has 0 aromatic heterocycles. The number of piperazine rings is 1. The molecule has 1 amide bonds. The Bertz CT molecular complexity index is 768. The van der Waals surface area contributed by atoms with Crippen LogP contribution < -0.4 is 15.5 Å². The molecule has 3 rings (SSSR count). The summed E-state index contributed by atoms with van der Waals surface area (Å²) in [5, 5.41) is 6.61. The zero-order chi connectivity index (χ0) is 17.8. The van der Waals surface area contributed by atoms with Gasteiger partial charge >= 0.3 is 0 Å². The Kier molecular flexibility index (Phi) is 5.56. The van der Waals surface area contributed by atoms with E-state index in [9.17, 15) is 9.18 Å². The molecule has 1 heterocycles. The highest BCUT2D eigenvalue weighted by molar-refractivity contribution is 6.31. The van der Waals surface area contributed by atoms with Gasteiger partial charge in [-0.1, -0.05) is 24.6 Å². The number of carbonyl (C=O) groups is 1. The molecule has 1 aliphatic heterocycles. The molecule has 4 nitrogen and oxygen atoms in total. The summed E-state index contributed by atoms with van der Waals surface area (Å²) in [7, 11) is 0. The van der Waals surface area contributed by atoms with Crippen LogP contribution in [-0.4, -0.2) is 31.6 Å². The average molecular weight is 362 g/mol. The van der Waals surface area contributed by atoms with Gasteiger partial charge in [0.15, 0.2) is 0 Å². The lowest BCUT2D eigenvalue weighted by molar-refractivity contribution is 0.102. The third-order valence-corrected chi connectivity index (χ3v) is 4.62. The number of hydrogen-bond acceptors (Lipinski definition) is 3. The highest BCUT2D eigenvalue weighted by Crippen LogP contribution is 2.25. The van der Waals surface area contributed by atoms with Gasteiger partial charge in [0.1, 0.15) is 5.82 Å². The van der Waals surface area contributed by atoms with Crippen molar-refractivity contribution < 1.29 is 9.18 Å². The van der Waals surface area contributed by atoms with Crippen LogP contribution in [0.25, 0.3) is 0 Å².